The Morgan fingerprint density at radius 3 is 2.68 bits per heavy atom. The normalized spacial score (nSPS) is 11.9. The van der Waals surface area contributed by atoms with Crippen molar-refractivity contribution in [2.24, 2.45) is 0 Å². The van der Waals surface area contributed by atoms with Crippen LogP contribution in [-0.4, -0.2) is 32.9 Å². The third-order valence-corrected chi connectivity index (χ3v) is 4.37. The molecule has 0 saturated carbocycles. The molecule has 0 aliphatic heterocycles. The average molecular weight is 383 g/mol. The van der Waals surface area contributed by atoms with Crippen LogP contribution in [0.3, 0.4) is 0 Å². The highest BCUT2D eigenvalue weighted by atomic mass is 35.5. The molecule has 0 fully saturated rings. The summed E-state index contributed by atoms with van der Waals surface area (Å²) in [6, 6.07) is 12.6. The lowest BCUT2D eigenvalue weighted by atomic mass is 10.1. The van der Waals surface area contributed by atoms with Crippen molar-refractivity contribution in [3.8, 4) is 5.75 Å². The van der Waals surface area contributed by atoms with Crippen LogP contribution in [0.2, 0.25) is 5.02 Å². The Morgan fingerprint density at radius 1 is 1.28 bits per heavy atom. The number of quaternary nitrogens is 1. The number of ether oxygens (including phenoxy) is 1. The molecule has 0 aliphatic carbocycles. The van der Waals surface area contributed by atoms with Crippen molar-refractivity contribution in [2.75, 3.05) is 33.1 Å². The van der Waals surface area contributed by atoms with E-state index in [0.29, 0.717) is 17.3 Å². The Labute approximate surface area is 157 Å². The first-order valence-corrected chi connectivity index (χ1v) is 8.63. The predicted molar refractivity (Wildman–Crippen MR) is 104 cm³/mol. The van der Waals surface area contributed by atoms with Gasteiger partial charge < -0.3 is 20.3 Å². The maximum atomic E-state index is 13.2. The van der Waals surface area contributed by atoms with Crippen LogP contribution in [0.5, 0.6) is 5.75 Å². The Bertz CT molecular complexity index is 742. The predicted octanol–water partition coefficient (Wildman–Crippen LogP) is 2.66. The zero-order valence-corrected chi connectivity index (χ0v) is 16.0. The van der Waals surface area contributed by atoms with E-state index in [0.717, 1.165) is 11.3 Å². The molecule has 0 unspecified atom stereocenters. The molecule has 7 heteroatoms. The van der Waals surface area contributed by atoms with Crippen LogP contribution in [0.15, 0.2) is 42.5 Å². The van der Waals surface area contributed by atoms with E-state index >= 15 is 0 Å². The lowest BCUT2D eigenvalue weighted by Gasteiger charge is -2.23. The minimum Gasteiger partial charge on any atom is -0.497 e. The van der Waals surface area contributed by atoms with Gasteiger partial charge in [-0.2, -0.15) is 0 Å². The first kappa shape index (κ1) is 19.4. The summed E-state index contributed by atoms with van der Waals surface area (Å²) in [6.07, 6.45) is 0. The van der Waals surface area contributed by atoms with Gasteiger partial charge in [0.2, 0.25) is 0 Å². The van der Waals surface area contributed by atoms with Gasteiger partial charge in [0.05, 0.1) is 32.8 Å². The lowest BCUT2D eigenvalue weighted by Crippen LogP contribution is -3.07. The molecule has 0 saturated heterocycles. The van der Waals surface area contributed by atoms with Crippen molar-refractivity contribution in [1.82, 2.24) is 5.32 Å². The molecule has 2 aromatic rings. The molecule has 0 spiro atoms. The van der Waals surface area contributed by atoms with Crippen LogP contribution in [-0.2, 0) is 0 Å². The van der Waals surface area contributed by atoms with Gasteiger partial charge in [-0.15, -0.1) is 0 Å². The van der Waals surface area contributed by atoms with Crippen LogP contribution in [0.4, 0.5) is 10.1 Å². The Kier molecular flexibility index (Phi) is 6.99. The van der Waals surface area contributed by atoms with E-state index in [1.54, 1.807) is 13.2 Å². The van der Waals surface area contributed by atoms with Crippen molar-refractivity contribution >= 4 is 34.6 Å². The van der Waals surface area contributed by atoms with E-state index < -0.39 is 5.82 Å². The zero-order chi connectivity index (χ0) is 18.4. The summed E-state index contributed by atoms with van der Waals surface area (Å²) in [6.45, 7) is 0.635. The van der Waals surface area contributed by atoms with E-state index in [1.807, 2.05) is 18.2 Å². The van der Waals surface area contributed by atoms with E-state index in [1.165, 1.54) is 17.0 Å². The number of rotatable bonds is 6. The number of hydrogen-bond acceptors (Lipinski definition) is 2. The highest BCUT2D eigenvalue weighted by Gasteiger charge is 2.18. The average Bonchev–Trinajstić information content (AvgIpc) is 2.58. The summed E-state index contributed by atoms with van der Waals surface area (Å²) in [7, 11) is 5.83. The smallest absolute Gasteiger partial charge is 0.171 e. The van der Waals surface area contributed by atoms with Gasteiger partial charge in [0, 0.05) is 11.3 Å². The molecule has 2 rings (SSSR count). The minimum atomic E-state index is -0.458. The van der Waals surface area contributed by atoms with E-state index in [2.05, 4.69) is 30.8 Å². The molecule has 25 heavy (non-hydrogen) atoms. The van der Waals surface area contributed by atoms with E-state index in [9.17, 15) is 4.39 Å². The number of nitrogens with one attached hydrogen (secondary N) is 3. The van der Waals surface area contributed by atoms with Gasteiger partial charge in [0.15, 0.2) is 5.11 Å². The lowest BCUT2D eigenvalue weighted by molar-refractivity contribution is -0.890. The molecular formula is C18H22ClFN3OS+. The Morgan fingerprint density at radius 2 is 2.04 bits per heavy atom. The zero-order valence-electron chi connectivity index (χ0n) is 14.4. The van der Waals surface area contributed by atoms with Crippen molar-refractivity contribution in [3.63, 3.8) is 0 Å². The SMILES string of the molecule is COc1cccc([C@H](CNC(=S)Nc2ccc(F)c(Cl)c2)[NH+](C)C)c1. The number of likely N-dealkylation sites (N-methyl/N-ethyl adjacent to an activating group) is 1. The Balaban J connectivity index is 2.00. The van der Waals surface area contributed by atoms with Crippen LogP contribution in [0.1, 0.15) is 11.6 Å². The summed E-state index contributed by atoms with van der Waals surface area (Å²) in [4.78, 5) is 1.26. The van der Waals surface area contributed by atoms with Gasteiger partial charge in [0.1, 0.15) is 17.6 Å². The maximum Gasteiger partial charge on any atom is 0.171 e. The maximum absolute atomic E-state index is 13.2. The van der Waals surface area contributed by atoms with Crippen molar-refractivity contribution in [3.05, 3.63) is 58.9 Å². The summed E-state index contributed by atoms with van der Waals surface area (Å²) in [5, 5.41) is 6.73. The molecule has 0 radical (unpaired) electrons. The number of anilines is 1. The molecule has 0 bridgehead atoms. The van der Waals surface area contributed by atoms with Crippen LogP contribution < -0.4 is 20.3 Å². The number of thiocarbonyl (C=S) groups is 1. The second-order valence-corrected chi connectivity index (χ2v) is 6.69. The number of benzene rings is 2. The van der Waals surface area contributed by atoms with Gasteiger partial charge in [-0.3, -0.25) is 0 Å². The molecule has 0 amide bonds. The standard InChI is InChI=1S/C18H21ClFN3OS/c1-23(2)17(12-5-4-6-14(9-12)24-3)11-21-18(25)22-13-7-8-16(20)15(19)10-13/h4-10,17H,11H2,1-3H3,(H2,21,22,25)/p+1/t17-/m0/s1. The fourth-order valence-corrected chi connectivity index (χ4v) is 2.84. The second kappa shape index (κ2) is 8.99. The molecule has 134 valence electrons. The molecular weight excluding hydrogens is 361 g/mol. The quantitative estimate of drug-likeness (QED) is 0.671. The molecule has 2 aromatic carbocycles. The number of hydrogen-bond donors (Lipinski definition) is 3. The van der Waals surface area contributed by atoms with Gasteiger partial charge in [-0.25, -0.2) is 4.39 Å². The van der Waals surface area contributed by atoms with Gasteiger partial charge in [-0.05, 0) is 42.5 Å². The molecule has 0 heterocycles. The summed E-state index contributed by atoms with van der Waals surface area (Å²) >= 11 is 11.1. The van der Waals surface area contributed by atoms with E-state index in [4.69, 9.17) is 28.6 Å². The minimum absolute atomic E-state index is 0.0554. The van der Waals surface area contributed by atoms with E-state index in [-0.39, 0.29) is 11.1 Å². The van der Waals surface area contributed by atoms with Crippen LogP contribution in [0.25, 0.3) is 0 Å². The van der Waals surface area contributed by atoms with Gasteiger partial charge in [-0.1, -0.05) is 23.7 Å². The van der Waals surface area contributed by atoms with Crippen molar-refractivity contribution < 1.29 is 14.0 Å². The summed E-state index contributed by atoms with van der Waals surface area (Å²) in [5.41, 5.74) is 1.79. The van der Waals surface area contributed by atoms with Crippen LogP contribution in [0, 0.1) is 5.82 Å². The first-order valence-electron chi connectivity index (χ1n) is 7.84. The number of halogens is 2. The topological polar surface area (TPSA) is 37.7 Å². The molecule has 3 N–H and O–H groups in total. The second-order valence-electron chi connectivity index (χ2n) is 5.87. The molecule has 4 nitrogen and oxygen atoms in total. The van der Waals surface area contributed by atoms with Crippen LogP contribution >= 0.6 is 23.8 Å². The fourth-order valence-electron chi connectivity index (χ4n) is 2.46. The monoisotopic (exact) mass is 382 g/mol. The molecule has 1 atom stereocenters. The van der Waals surface area contributed by atoms with Crippen molar-refractivity contribution in [2.45, 2.75) is 6.04 Å². The number of methoxy groups -OCH3 is 1. The third kappa shape index (κ3) is 5.56. The third-order valence-electron chi connectivity index (χ3n) is 3.84. The fraction of sp³-hybridized carbons (Fsp3) is 0.278. The largest absolute Gasteiger partial charge is 0.497 e. The van der Waals surface area contributed by atoms with Gasteiger partial charge >= 0.3 is 0 Å². The van der Waals surface area contributed by atoms with Gasteiger partial charge in [0.25, 0.3) is 0 Å². The highest BCUT2D eigenvalue weighted by molar-refractivity contribution is 7.80. The first-order chi connectivity index (χ1) is 11.9. The summed E-state index contributed by atoms with van der Waals surface area (Å²) in [5.74, 6) is 0.366. The summed E-state index contributed by atoms with van der Waals surface area (Å²) < 4.78 is 18.5. The highest BCUT2D eigenvalue weighted by Crippen LogP contribution is 2.19. The molecule has 0 aliphatic rings. The van der Waals surface area contributed by atoms with Crippen molar-refractivity contribution in [1.29, 1.82) is 0 Å². The Hall–Kier alpha value is -1.89. The molecule has 0 aromatic heterocycles.